The number of carbonyl (C=O) groups is 1. The zero-order chi connectivity index (χ0) is 8.91. The molecule has 6 nitrogen and oxygen atoms in total. The molecule has 0 aromatic rings. The van der Waals surface area contributed by atoms with Gasteiger partial charge in [-0.1, -0.05) is 4.89 Å². The summed E-state index contributed by atoms with van der Waals surface area (Å²) in [5.41, 5.74) is 0. The molecule has 0 radical (unpaired) electrons. The molecule has 7 heteroatoms. The Morgan fingerprint density at radius 2 is 2.18 bits per heavy atom. The van der Waals surface area contributed by atoms with Crippen LogP contribution in [0.5, 0.6) is 0 Å². The first kappa shape index (κ1) is 10.3. The molecule has 0 unspecified atom stereocenters. The van der Waals surface area contributed by atoms with Crippen molar-refractivity contribution in [2.45, 2.75) is 6.92 Å². The minimum absolute atomic E-state index is 0.259. The second-order valence-electron chi connectivity index (χ2n) is 1.75. The van der Waals surface area contributed by atoms with Crippen molar-refractivity contribution >= 4 is 16.0 Å². The first-order valence-corrected chi connectivity index (χ1v) is 4.40. The molecular formula is C4H9NO5S. The Labute approximate surface area is 64.2 Å². The monoisotopic (exact) mass is 183 g/mol. The standard InChI is InChI=1S/C4H9NO5S/c1-4(6)10-2-3-11(8,9)5-7/h5,7H,2-3H2,1H3. The topological polar surface area (TPSA) is 92.7 Å². The minimum Gasteiger partial charge on any atom is -0.465 e. The highest BCUT2D eigenvalue weighted by molar-refractivity contribution is 7.89. The Kier molecular flexibility index (Phi) is 4.01. The lowest BCUT2D eigenvalue weighted by Crippen LogP contribution is -2.25. The molecule has 0 heterocycles. The quantitative estimate of drug-likeness (QED) is 0.424. The number of nitrogens with one attached hydrogen (secondary N) is 1. The molecule has 11 heavy (non-hydrogen) atoms. The second-order valence-corrected chi connectivity index (χ2v) is 3.57. The van der Waals surface area contributed by atoms with Crippen LogP contribution in [-0.2, 0) is 19.6 Å². The summed E-state index contributed by atoms with van der Waals surface area (Å²) < 4.78 is 25.2. The van der Waals surface area contributed by atoms with E-state index in [1.165, 1.54) is 6.92 Å². The number of hydrogen-bond acceptors (Lipinski definition) is 5. The van der Waals surface area contributed by atoms with Crippen LogP contribution in [0.15, 0.2) is 0 Å². The van der Waals surface area contributed by atoms with Crippen molar-refractivity contribution in [1.29, 1.82) is 0 Å². The normalized spacial score (nSPS) is 11.1. The fourth-order valence-electron chi connectivity index (χ4n) is 0.341. The predicted molar refractivity (Wildman–Crippen MR) is 35.3 cm³/mol. The number of esters is 1. The van der Waals surface area contributed by atoms with Crippen LogP contribution in [0.25, 0.3) is 0 Å². The van der Waals surface area contributed by atoms with Gasteiger partial charge in [-0.3, -0.25) is 4.79 Å². The van der Waals surface area contributed by atoms with Gasteiger partial charge < -0.3 is 9.94 Å². The predicted octanol–water partition coefficient (Wildman–Crippen LogP) is -1.14. The van der Waals surface area contributed by atoms with Crippen molar-refractivity contribution in [1.82, 2.24) is 4.89 Å². The number of ether oxygens (including phenoxy) is 1. The largest absolute Gasteiger partial charge is 0.465 e. The molecule has 0 bridgehead atoms. The zero-order valence-electron chi connectivity index (χ0n) is 5.90. The van der Waals surface area contributed by atoms with Crippen LogP contribution in [0, 0.1) is 0 Å². The number of sulfonamides is 1. The average Bonchev–Trinajstić information content (AvgIpc) is 1.87. The van der Waals surface area contributed by atoms with Crippen LogP contribution in [0.3, 0.4) is 0 Å². The third-order valence-electron chi connectivity index (χ3n) is 0.796. The lowest BCUT2D eigenvalue weighted by atomic mass is 10.8. The number of rotatable bonds is 4. The molecule has 0 rings (SSSR count). The van der Waals surface area contributed by atoms with Gasteiger partial charge in [0.05, 0.1) is 0 Å². The summed E-state index contributed by atoms with van der Waals surface area (Å²) in [7, 11) is -3.69. The van der Waals surface area contributed by atoms with Gasteiger partial charge in [-0.25, -0.2) is 8.42 Å². The van der Waals surface area contributed by atoms with Crippen LogP contribution in [0.2, 0.25) is 0 Å². The Morgan fingerprint density at radius 1 is 1.64 bits per heavy atom. The van der Waals surface area contributed by atoms with Crippen LogP contribution in [-0.4, -0.2) is 32.0 Å². The molecule has 0 atom stereocenters. The van der Waals surface area contributed by atoms with Crippen molar-refractivity contribution in [2.24, 2.45) is 0 Å². The lowest BCUT2D eigenvalue weighted by molar-refractivity contribution is -0.140. The summed E-state index contributed by atoms with van der Waals surface area (Å²) in [5, 5.41) is 7.98. The molecule has 2 N–H and O–H groups in total. The highest BCUT2D eigenvalue weighted by Gasteiger charge is 2.07. The highest BCUT2D eigenvalue weighted by Crippen LogP contribution is 1.83. The van der Waals surface area contributed by atoms with Crippen LogP contribution in [0.4, 0.5) is 0 Å². The van der Waals surface area contributed by atoms with E-state index in [0.29, 0.717) is 0 Å². The third-order valence-corrected chi connectivity index (χ3v) is 1.78. The molecule has 0 aromatic carbocycles. The van der Waals surface area contributed by atoms with Gasteiger partial charge in [-0.2, -0.15) is 0 Å². The molecule has 66 valence electrons. The number of carbonyl (C=O) groups excluding carboxylic acids is 1. The Morgan fingerprint density at radius 3 is 2.55 bits per heavy atom. The van der Waals surface area contributed by atoms with Gasteiger partial charge in [0.25, 0.3) is 0 Å². The van der Waals surface area contributed by atoms with Gasteiger partial charge in [-0.15, -0.1) is 0 Å². The smallest absolute Gasteiger partial charge is 0.302 e. The van der Waals surface area contributed by atoms with Gasteiger partial charge >= 0.3 is 5.97 Å². The summed E-state index contributed by atoms with van der Waals surface area (Å²) >= 11 is 0. The van der Waals surface area contributed by atoms with E-state index in [-0.39, 0.29) is 6.61 Å². The summed E-state index contributed by atoms with van der Waals surface area (Å²) in [6.45, 7) is 0.907. The van der Waals surface area contributed by atoms with Gasteiger partial charge in [-0.05, 0) is 0 Å². The van der Waals surface area contributed by atoms with Crippen LogP contribution in [0.1, 0.15) is 6.92 Å². The van der Waals surface area contributed by atoms with E-state index in [1.54, 1.807) is 0 Å². The maximum Gasteiger partial charge on any atom is 0.302 e. The first-order chi connectivity index (χ1) is 4.98. The Hall–Kier alpha value is -0.660. The van der Waals surface area contributed by atoms with Gasteiger partial charge in [0.15, 0.2) is 0 Å². The van der Waals surface area contributed by atoms with Crippen LogP contribution >= 0.6 is 0 Å². The summed E-state index contributed by atoms with van der Waals surface area (Å²) in [5.74, 6) is -0.999. The van der Waals surface area contributed by atoms with Gasteiger partial charge in [0, 0.05) is 6.92 Å². The number of hydrogen-bond donors (Lipinski definition) is 2. The maximum absolute atomic E-state index is 10.4. The highest BCUT2D eigenvalue weighted by atomic mass is 32.2. The van der Waals surface area contributed by atoms with Crippen molar-refractivity contribution in [3.8, 4) is 0 Å². The fourth-order valence-corrected chi connectivity index (χ4v) is 0.735. The van der Waals surface area contributed by atoms with E-state index in [1.807, 2.05) is 0 Å². The van der Waals surface area contributed by atoms with Crippen molar-refractivity contribution in [3.63, 3.8) is 0 Å². The second kappa shape index (κ2) is 4.27. The molecule has 0 saturated carbocycles. The Balaban J connectivity index is 3.63. The third kappa shape index (κ3) is 5.77. The summed E-state index contributed by atoms with van der Waals surface area (Å²) in [6, 6.07) is 0. The molecule has 0 aliphatic heterocycles. The van der Waals surface area contributed by atoms with E-state index >= 15 is 0 Å². The van der Waals surface area contributed by atoms with E-state index < -0.39 is 21.7 Å². The molecule has 0 aliphatic rings. The van der Waals surface area contributed by atoms with Crippen molar-refractivity contribution in [2.75, 3.05) is 12.4 Å². The average molecular weight is 183 g/mol. The molecule has 0 aromatic heterocycles. The van der Waals surface area contributed by atoms with Gasteiger partial charge in [0.2, 0.25) is 10.0 Å². The molecule has 0 aliphatic carbocycles. The lowest BCUT2D eigenvalue weighted by Gasteiger charge is -2.00. The van der Waals surface area contributed by atoms with Crippen molar-refractivity contribution in [3.05, 3.63) is 0 Å². The first-order valence-electron chi connectivity index (χ1n) is 2.75. The fraction of sp³-hybridized carbons (Fsp3) is 0.750. The zero-order valence-corrected chi connectivity index (χ0v) is 6.72. The SMILES string of the molecule is CC(=O)OCCS(=O)(=O)NO. The summed E-state index contributed by atoms with van der Waals surface area (Å²) in [4.78, 5) is 11.2. The molecule has 0 amide bonds. The molecule has 0 spiro atoms. The minimum atomic E-state index is -3.69. The molecule has 0 saturated heterocycles. The van der Waals surface area contributed by atoms with Crippen molar-refractivity contribution < 1.29 is 23.2 Å². The van der Waals surface area contributed by atoms with E-state index in [9.17, 15) is 13.2 Å². The molecular weight excluding hydrogens is 174 g/mol. The van der Waals surface area contributed by atoms with E-state index in [0.717, 1.165) is 4.89 Å². The Bertz CT molecular complexity index is 221. The van der Waals surface area contributed by atoms with Gasteiger partial charge in [0.1, 0.15) is 12.4 Å². The van der Waals surface area contributed by atoms with E-state index in [4.69, 9.17) is 5.21 Å². The molecule has 0 fully saturated rings. The van der Waals surface area contributed by atoms with E-state index in [2.05, 4.69) is 4.74 Å². The van der Waals surface area contributed by atoms with Crippen LogP contribution < -0.4 is 4.89 Å². The maximum atomic E-state index is 10.4. The summed E-state index contributed by atoms with van der Waals surface area (Å²) in [6.07, 6.45) is 0.